The highest BCUT2D eigenvalue weighted by Gasteiger charge is 2.14. The number of carbonyl (C=O) groups excluding carboxylic acids is 1. The Balaban J connectivity index is 1.46. The van der Waals surface area contributed by atoms with Gasteiger partial charge >= 0.3 is 0 Å². The van der Waals surface area contributed by atoms with Crippen molar-refractivity contribution in [1.82, 2.24) is 5.32 Å². The molecule has 0 saturated carbocycles. The fraction of sp³-hybridized carbons (Fsp3) is 0.350. The van der Waals surface area contributed by atoms with Crippen LogP contribution in [0, 0.1) is 0 Å². The van der Waals surface area contributed by atoms with E-state index < -0.39 is 0 Å². The molecule has 0 aliphatic heterocycles. The summed E-state index contributed by atoms with van der Waals surface area (Å²) in [7, 11) is 0. The third kappa shape index (κ3) is 4.64. The zero-order valence-electron chi connectivity index (χ0n) is 13.8. The van der Waals surface area contributed by atoms with Gasteiger partial charge in [-0.2, -0.15) is 0 Å². The lowest BCUT2D eigenvalue weighted by Crippen LogP contribution is -2.28. The minimum Gasteiger partial charge on any atom is -0.349 e. The van der Waals surface area contributed by atoms with Gasteiger partial charge in [-0.3, -0.25) is 4.79 Å². The van der Waals surface area contributed by atoms with E-state index >= 15 is 0 Å². The molecule has 1 aliphatic carbocycles. The molecule has 0 fully saturated rings. The maximum atomic E-state index is 12.2. The van der Waals surface area contributed by atoms with Gasteiger partial charge in [0.15, 0.2) is 0 Å². The molecule has 1 amide bonds. The second-order valence-corrected chi connectivity index (χ2v) is 8.19. The molecule has 0 saturated heterocycles. The second kappa shape index (κ2) is 8.21. The van der Waals surface area contributed by atoms with Gasteiger partial charge in [0.2, 0.25) is 5.91 Å². The first-order chi connectivity index (χ1) is 11.6. The number of halogens is 1. The Kier molecular flexibility index (Phi) is 6.01. The zero-order chi connectivity index (χ0) is 16.9. The summed E-state index contributed by atoms with van der Waals surface area (Å²) in [6, 6.07) is 15.0. The lowest BCUT2D eigenvalue weighted by Gasteiger charge is -2.15. The molecule has 0 aromatic heterocycles. The number of nitrogens with one attached hydrogen (secondary N) is 1. The molecule has 2 aromatic rings. The van der Waals surface area contributed by atoms with Crippen LogP contribution in [-0.2, 0) is 23.4 Å². The Bertz CT molecular complexity index is 714. The first-order valence-corrected chi connectivity index (χ1v) is 10.3. The van der Waals surface area contributed by atoms with E-state index in [0.29, 0.717) is 5.75 Å². The fourth-order valence-corrected chi connectivity index (χ4v) is 4.13. The van der Waals surface area contributed by atoms with Crippen LogP contribution >= 0.6 is 27.7 Å². The van der Waals surface area contributed by atoms with E-state index in [-0.39, 0.29) is 11.9 Å². The summed E-state index contributed by atoms with van der Waals surface area (Å²) in [4.78, 5) is 12.2. The molecule has 4 heteroatoms. The summed E-state index contributed by atoms with van der Waals surface area (Å²) in [5, 5.41) is 3.12. The van der Waals surface area contributed by atoms with E-state index in [9.17, 15) is 4.79 Å². The normalized spacial score (nSPS) is 14.2. The van der Waals surface area contributed by atoms with E-state index in [4.69, 9.17) is 0 Å². The third-order valence-corrected chi connectivity index (χ3v) is 5.95. The van der Waals surface area contributed by atoms with Crippen molar-refractivity contribution in [2.75, 3.05) is 5.75 Å². The molecule has 24 heavy (non-hydrogen) atoms. The van der Waals surface area contributed by atoms with Gasteiger partial charge in [-0.15, -0.1) is 11.8 Å². The van der Waals surface area contributed by atoms with Crippen LogP contribution in [0.4, 0.5) is 0 Å². The second-order valence-electron chi connectivity index (χ2n) is 6.29. The van der Waals surface area contributed by atoms with Gasteiger partial charge < -0.3 is 5.32 Å². The summed E-state index contributed by atoms with van der Waals surface area (Å²) in [5.41, 5.74) is 5.38. The van der Waals surface area contributed by atoms with E-state index in [0.717, 1.165) is 10.2 Å². The maximum absolute atomic E-state index is 12.2. The number of rotatable bonds is 6. The maximum Gasteiger partial charge on any atom is 0.230 e. The Morgan fingerprint density at radius 1 is 1.17 bits per heavy atom. The molecule has 0 spiro atoms. The summed E-state index contributed by atoms with van der Waals surface area (Å²) in [6.45, 7) is 2.06. The number of fused-ring (bicyclic) bond motifs is 1. The average molecular weight is 404 g/mol. The number of carbonyl (C=O) groups is 1. The van der Waals surface area contributed by atoms with Gasteiger partial charge in [-0.05, 0) is 60.6 Å². The van der Waals surface area contributed by atoms with Crippen LogP contribution in [0.15, 0.2) is 46.9 Å². The van der Waals surface area contributed by atoms with Crippen LogP contribution < -0.4 is 5.32 Å². The van der Waals surface area contributed by atoms with Crippen LogP contribution in [0.3, 0.4) is 0 Å². The number of benzene rings is 2. The third-order valence-electron chi connectivity index (χ3n) is 4.42. The first kappa shape index (κ1) is 17.6. The predicted molar refractivity (Wildman–Crippen MR) is 105 cm³/mol. The standard InChI is InChI=1S/C20H22BrNOS/c1-14(17-8-7-16-3-2-4-18(16)11-17)22-20(23)13-24-12-15-5-9-19(21)10-6-15/h5-11,14H,2-4,12-13H2,1H3,(H,22,23)/t14-/m1/s1. The highest BCUT2D eigenvalue weighted by molar-refractivity contribution is 9.10. The fourth-order valence-electron chi connectivity index (χ4n) is 3.07. The lowest BCUT2D eigenvalue weighted by atomic mass is 10.0. The molecule has 2 nitrogen and oxygen atoms in total. The van der Waals surface area contributed by atoms with Gasteiger partial charge in [0.1, 0.15) is 0 Å². The van der Waals surface area contributed by atoms with Crippen LogP contribution in [0.2, 0.25) is 0 Å². The average Bonchev–Trinajstić information content (AvgIpc) is 3.04. The molecule has 0 radical (unpaired) electrons. The summed E-state index contributed by atoms with van der Waals surface area (Å²) < 4.78 is 1.08. The van der Waals surface area contributed by atoms with Gasteiger partial charge in [0.05, 0.1) is 11.8 Å². The van der Waals surface area contributed by atoms with Crippen LogP contribution in [0.5, 0.6) is 0 Å². The number of thioether (sulfide) groups is 1. The van der Waals surface area contributed by atoms with Crippen molar-refractivity contribution in [1.29, 1.82) is 0 Å². The van der Waals surface area contributed by atoms with E-state index in [2.05, 4.69) is 58.5 Å². The molecule has 1 aliphatic rings. The molecule has 1 atom stereocenters. The monoisotopic (exact) mass is 403 g/mol. The smallest absolute Gasteiger partial charge is 0.230 e. The molecular weight excluding hydrogens is 382 g/mol. The van der Waals surface area contributed by atoms with Crippen molar-refractivity contribution in [2.45, 2.75) is 38.0 Å². The largest absolute Gasteiger partial charge is 0.349 e. The molecule has 126 valence electrons. The SMILES string of the molecule is C[C@@H](NC(=O)CSCc1ccc(Br)cc1)c1ccc2c(c1)CCC2. The molecular formula is C20H22BrNOS. The van der Waals surface area contributed by atoms with Gasteiger partial charge in [0, 0.05) is 10.2 Å². The Morgan fingerprint density at radius 2 is 1.92 bits per heavy atom. The summed E-state index contributed by atoms with van der Waals surface area (Å²) in [6.07, 6.45) is 3.63. The van der Waals surface area contributed by atoms with E-state index in [1.54, 1.807) is 11.8 Å². The van der Waals surface area contributed by atoms with Crippen molar-refractivity contribution in [2.24, 2.45) is 0 Å². The molecule has 0 unspecified atom stereocenters. The van der Waals surface area contributed by atoms with Crippen LogP contribution in [0.1, 0.15) is 41.6 Å². The van der Waals surface area contributed by atoms with Crippen LogP contribution in [0.25, 0.3) is 0 Å². The van der Waals surface area contributed by atoms with Gasteiger partial charge in [0.25, 0.3) is 0 Å². The topological polar surface area (TPSA) is 29.1 Å². The van der Waals surface area contributed by atoms with E-state index in [1.807, 2.05) is 12.1 Å². The Labute approximate surface area is 156 Å². The van der Waals surface area contributed by atoms with Crippen molar-refractivity contribution in [3.63, 3.8) is 0 Å². The zero-order valence-corrected chi connectivity index (χ0v) is 16.3. The molecule has 0 heterocycles. The highest BCUT2D eigenvalue weighted by atomic mass is 79.9. The van der Waals surface area contributed by atoms with Gasteiger partial charge in [-0.1, -0.05) is 46.3 Å². The number of amides is 1. The first-order valence-electron chi connectivity index (χ1n) is 8.35. The Hall–Kier alpha value is -1.26. The molecule has 2 aromatic carbocycles. The number of aryl methyl sites for hydroxylation is 2. The van der Waals surface area contributed by atoms with Gasteiger partial charge in [-0.25, -0.2) is 0 Å². The number of hydrogen-bond acceptors (Lipinski definition) is 2. The van der Waals surface area contributed by atoms with Crippen LogP contribution in [-0.4, -0.2) is 11.7 Å². The Morgan fingerprint density at radius 3 is 2.71 bits per heavy atom. The summed E-state index contributed by atoms with van der Waals surface area (Å²) in [5.74, 6) is 1.45. The van der Waals surface area contributed by atoms with Crippen molar-refractivity contribution in [3.8, 4) is 0 Å². The summed E-state index contributed by atoms with van der Waals surface area (Å²) >= 11 is 5.08. The van der Waals surface area contributed by atoms with Crippen molar-refractivity contribution >= 4 is 33.6 Å². The lowest BCUT2D eigenvalue weighted by molar-refractivity contribution is -0.119. The quantitative estimate of drug-likeness (QED) is 0.730. The molecule has 1 N–H and O–H groups in total. The number of hydrogen-bond donors (Lipinski definition) is 1. The molecule has 0 bridgehead atoms. The van der Waals surface area contributed by atoms with Crippen molar-refractivity contribution in [3.05, 3.63) is 69.2 Å². The van der Waals surface area contributed by atoms with E-state index in [1.165, 1.54) is 41.5 Å². The van der Waals surface area contributed by atoms with Crippen molar-refractivity contribution < 1.29 is 4.79 Å². The molecule has 3 rings (SSSR count). The predicted octanol–water partition coefficient (Wildman–Crippen LogP) is 5.05. The minimum atomic E-state index is 0.0664. The highest BCUT2D eigenvalue weighted by Crippen LogP contribution is 2.25. The minimum absolute atomic E-state index is 0.0664.